The van der Waals surface area contributed by atoms with E-state index in [0.29, 0.717) is 34.8 Å². The van der Waals surface area contributed by atoms with Crippen LogP contribution in [0, 0.1) is 0 Å². The van der Waals surface area contributed by atoms with E-state index in [0.717, 1.165) is 10.8 Å². The summed E-state index contributed by atoms with van der Waals surface area (Å²) in [4.78, 5) is 12.7. The minimum atomic E-state index is -1.33. The van der Waals surface area contributed by atoms with Gasteiger partial charge in [-0.15, -0.1) is 0 Å². The Bertz CT molecular complexity index is 1310. The maximum Gasteiger partial charge on any atom is 0.299 e. The highest BCUT2D eigenvalue weighted by molar-refractivity contribution is 6.09. The third-order valence-corrected chi connectivity index (χ3v) is 5.63. The summed E-state index contributed by atoms with van der Waals surface area (Å²) in [5.74, 6) is 0.328. The number of fused-ring (bicyclic) bond motifs is 2. The number of rotatable bonds is 2. The van der Waals surface area contributed by atoms with E-state index in [1.807, 2.05) is 42.5 Å². The smallest absolute Gasteiger partial charge is 0.299 e. The number of ether oxygens (including phenoxy) is 2. The number of phenols is 1. The Kier molecular flexibility index (Phi) is 3.39. The van der Waals surface area contributed by atoms with Crippen molar-refractivity contribution in [3.05, 3.63) is 102 Å². The highest BCUT2D eigenvalue weighted by Crippen LogP contribution is 2.48. The Morgan fingerprint density at radius 1 is 0.900 bits per heavy atom. The summed E-state index contributed by atoms with van der Waals surface area (Å²) in [6.45, 7) is 0. The average molecular weight is 396 g/mol. The molecule has 1 aromatic heterocycles. The van der Waals surface area contributed by atoms with Crippen molar-refractivity contribution in [2.75, 3.05) is 0 Å². The zero-order valence-electron chi connectivity index (χ0n) is 15.8. The molecule has 5 heteroatoms. The molecule has 0 saturated heterocycles. The van der Waals surface area contributed by atoms with E-state index in [1.165, 1.54) is 6.08 Å². The molecule has 1 aliphatic carbocycles. The summed E-state index contributed by atoms with van der Waals surface area (Å²) < 4.78 is 18.0. The molecule has 6 rings (SSSR count). The summed E-state index contributed by atoms with van der Waals surface area (Å²) >= 11 is 0. The highest BCUT2D eigenvalue weighted by Gasteiger charge is 2.45. The normalized spacial score (nSPS) is 15.7. The van der Waals surface area contributed by atoms with Crippen LogP contribution in [0.1, 0.15) is 27.2 Å². The average Bonchev–Trinajstić information content (AvgIpc) is 3.26. The molecule has 1 aliphatic heterocycles. The maximum absolute atomic E-state index is 12.7. The number of carbonyl (C=O) groups is 1. The fraction of sp³-hybridized carbons (Fsp3) is 0.0800. The van der Waals surface area contributed by atoms with Crippen molar-refractivity contribution >= 4 is 16.6 Å². The monoisotopic (exact) mass is 396 g/mol. The van der Waals surface area contributed by atoms with Crippen molar-refractivity contribution in [1.82, 2.24) is 0 Å². The number of aromatic hydroxyl groups is 1. The number of ketones is 1. The molecule has 0 atom stereocenters. The van der Waals surface area contributed by atoms with Gasteiger partial charge in [-0.3, -0.25) is 4.79 Å². The number of phenolic OH excluding ortho intramolecular Hbond substituents is 1. The first-order chi connectivity index (χ1) is 14.6. The molecule has 2 heterocycles. The lowest BCUT2D eigenvalue weighted by Gasteiger charge is -2.39. The van der Waals surface area contributed by atoms with E-state index in [9.17, 15) is 9.90 Å². The zero-order valence-corrected chi connectivity index (χ0v) is 15.8. The van der Waals surface area contributed by atoms with E-state index >= 15 is 0 Å². The third-order valence-electron chi connectivity index (χ3n) is 5.63. The van der Waals surface area contributed by atoms with Gasteiger partial charge in [0.2, 0.25) is 0 Å². The van der Waals surface area contributed by atoms with Crippen molar-refractivity contribution in [3.8, 4) is 17.2 Å². The number of carbonyl (C=O) groups excluding carboxylic acids is 1. The fourth-order valence-electron chi connectivity index (χ4n) is 4.24. The summed E-state index contributed by atoms with van der Waals surface area (Å²) in [6, 6.07) is 18.8. The number of hydrogen-bond donors (Lipinski definition) is 1. The van der Waals surface area contributed by atoms with Crippen molar-refractivity contribution in [3.63, 3.8) is 0 Å². The number of benzene rings is 3. The summed E-state index contributed by atoms with van der Waals surface area (Å²) in [5, 5.41) is 12.9. The molecule has 0 amide bonds. The standard InChI is InChI=1S/C25H16O5/c26-19-11-12-25(29-20-7-1-4-15-5-2-8-21(30-25)22(15)20)18-10-9-16(24(27)23(18)19)14-17-6-3-13-28-17/h1-13,27H,14H2. The molecule has 30 heavy (non-hydrogen) atoms. The van der Waals surface area contributed by atoms with Crippen LogP contribution in [-0.2, 0) is 12.2 Å². The lowest BCUT2D eigenvalue weighted by atomic mass is 9.87. The van der Waals surface area contributed by atoms with E-state index in [2.05, 4.69) is 0 Å². The molecule has 1 spiro atoms. The van der Waals surface area contributed by atoms with Gasteiger partial charge < -0.3 is 19.0 Å². The van der Waals surface area contributed by atoms with Gasteiger partial charge in [-0.2, -0.15) is 0 Å². The Morgan fingerprint density at radius 2 is 1.67 bits per heavy atom. The van der Waals surface area contributed by atoms with Crippen LogP contribution in [0.15, 0.2) is 83.5 Å². The Balaban J connectivity index is 1.51. The Labute approximate surface area is 171 Å². The molecule has 5 nitrogen and oxygen atoms in total. The Hall–Kier alpha value is -3.99. The van der Waals surface area contributed by atoms with E-state index < -0.39 is 5.79 Å². The van der Waals surface area contributed by atoms with Crippen LogP contribution in [0.25, 0.3) is 10.8 Å². The lowest BCUT2D eigenvalue weighted by Crippen LogP contribution is -2.42. The first-order valence-corrected chi connectivity index (χ1v) is 9.66. The lowest BCUT2D eigenvalue weighted by molar-refractivity contribution is -0.0840. The van der Waals surface area contributed by atoms with Gasteiger partial charge in [-0.05, 0) is 41.8 Å². The second-order valence-corrected chi connectivity index (χ2v) is 7.43. The van der Waals surface area contributed by atoms with Crippen LogP contribution in [-0.4, -0.2) is 10.9 Å². The van der Waals surface area contributed by atoms with E-state index in [1.54, 1.807) is 30.5 Å². The van der Waals surface area contributed by atoms with Crippen LogP contribution in [0.4, 0.5) is 0 Å². The predicted octanol–water partition coefficient (Wildman–Crippen LogP) is 5.11. The Morgan fingerprint density at radius 3 is 2.37 bits per heavy atom. The molecule has 0 unspecified atom stereocenters. The predicted molar refractivity (Wildman–Crippen MR) is 110 cm³/mol. The third kappa shape index (κ3) is 2.32. The van der Waals surface area contributed by atoms with Crippen molar-refractivity contribution in [2.45, 2.75) is 12.2 Å². The van der Waals surface area contributed by atoms with Crippen LogP contribution < -0.4 is 9.47 Å². The second kappa shape index (κ2) is 6.00. The second-order valence-electron chi connectivity index (χ2n) is 7.43. The van der Waals surface area contributed by atoms with Crippen LogP contribution in [0.3, 0.4) is 0 Å². The van der Waals surface area contributed by atoms with E-state index in [4.69, 9.17) is 13.9 Å². The minimum absolute atomic E-state index is 0.0816. The molecule has 0 radical (unpaired) electrons. The summed E-state index contributed by atoms with van der Waals surface area (Å²) in [6.07, 6.45) is 4.96. The van der Waals surface area contributed by atoms with Gasteiger partial charge in [0.25, 0.3) is 5.79 Å². The van der Waals surface area contributed by atoms with Crippen molar-refractivity contribution < 1.29 is 23.8 Å². The van der Waals surface area contributed by atoms with Gasteiger partial charge >= 0.3 is 0 Å². The van der Waals surface area contributed by atoms with Crippen LogP contribution >= 0.6 is 0 Å². The highest BCUT2D eigenvalue weighted by atomic mass is 16.7. The molecule has 0 saturated carbocycles. The number of allylic oxidation sites excluding steroid dienone is 1. The molecular weight excluding hydrogens is 380 g/mol. The molecule has 1 N–H and O–H groups in total. The van der Waals surface area contributed by atoms with Crippen molar-refractivity contribution in [2.24, 2.45) is 0 Å². The number of furan rings is 1. The summed E-state index contributed by atoms with van der Waals surface area (Å²) in [7, 11) is 0. The van der Waals surface area contributed by atoms with E-state index in [-0.39, 0.29) is 17.1 Å². The molecule has 3 aromatic carbocycles. The maximum atomic E-state index is 12.7. The number of hydrogen-bond acceptors (Lipinski definition) is 5. The van der Waals surface area contributed by atoms with Crippen LogP contribution in [0.2, 0.25) is 0 Å². The van der Waals surface area contributed by atoms with Crippen LogP contribution in [0.5, 0.6) is 17.2 Å². The van der Waals surface area contributed by atoms with Crippen molar-refractivity contribution in [1.29, 1.82) is 0 Å². The molecule has 0 bridgehead atoms. The van der Waals surface area contributed by atoms with Gasteiger partial charge in [-0.1, -0.05) is 30.3 Å². The fourth-order valence-corrected chi connectivity index (χ4v) is 4.24. The summed E-state index contributed by atoms with van der Waals surface area (Å²) in [5.41, 5.74) is 1.26. The van der Waals surface area contributed by atoms with Gasteiger partial charge in [0, 0.05) is 18.1 Å². The molecule has 2 aliphatic rings. The first-order valence-electron chi connectivity index (χ1n) is 9.66. The first kappa shape index (κ1) is 16.9. The van der Waals surface area contributed by atoms with Gasteiger partial charge in [-0.25, -0.2) is 0 Å². The topological polar surface area (TPSA) is 68.9 Å². The zero-order chi connectivity index (χ0) is 20.3. The van der Waals surface area contributed by atoms with Gasteiger partial charge in [0.1, 0.15) is 23.0 Å². The quantitative estimate of drug-likeness (QED) is 0.510. The minimum Gasteiger partial charge on any atom is -0.507 e. The van der Waals surface area contributed by atoms with Gasteiger partial charge in [0.05, 0.1) is 22.8 Å². The largest absolute Gasteiger partial charge is 0.507 e. The molecule has 146 valence electrons. The van der Waals surface area contributed by atoms with Gasteiger partial charge in [0.15, 0.2) is 5.78 Å². The SMILES string of the molecule is O=C1C=CC2(Oc3cccc4cccc(c34)O2)c2ccc(Cc3ccco3)c(O)c21. The molecule has 4 aromatic rings. The molecular formula is C25H16O5. The molecule has 0 fully saturated rings.